The minimum atomic E-state index is -4.71. The van der Waals surface area contributed by atoms with E-state index in [1.165, 1.54) is 109 Å². The van der Waals surface area contributed by atoms with Crippen LogP contribution in [0.4, 0.5) is 22.7 Å². The first-order chi connectivity index (χ1) is 35.5. The molecule has 0 aromatic heterocycles. The van der Waals surface area contributed by atoms with E-state index in [2.05, 4.69) is 5.32 Å². The number of allylic oxidation sites excluding steroid dienone is 8. The van der Waals surface area contributed by atoms with Crippen LogP contribution in [0.2, 0.25) is 0 Å². The lowest BCUT2D eigenvalue weighted by Gasteiger charge is -2.53. The van der Waals surface area contributed by atoms with Crippen molar-refractivity contribution in [3.63, 3.8) is 0 Å². The molecule has 2 spiro atoms. The molecule has 1 atom stereocenters. The summed E-state index contributed by atoms with van der Waals surface area (Å²) >= 11 is -3.13. The van der Waals surface area contributed by atoms with Gasteiger partial charge in [0, 0.05) is 31.4 Å². The number of carbonyl (C=O) groups is 6. The summed E-state index contributed by atoms with van der Waals surface area (Å²) < 4.78 is 75.4. The highest BCUT2D eigenvalue weighted by Gasteiger charge is 2.49. The molecule has 3 heterocycles. The van der Waals surface area contributed by atoms with Crippen molar-refractivity contribution in [1.29, 1.82) is 0 Å². The second-order valence-corrected chi connectivity index (χ2v) is 18.6. The fraction of sp³-hybridized carbons (Fsp3) is 0.115. The molecule has 4 amide bonds. The first-order valence-electron chi connectivity index (χ1n) is 22.2. The van der Waals surface area contributed by atoms with Gasteiger partial charge in [0.05, 0.1) is 51.4 Å². The van der Waals surface area contributed by atoms with Crippen molar-refractivity contribution in [2.45, 2.75) is 37.3 Å². The summed E-state index contributed by atoms with van der Waals surface area (Å²) in [6.45, 7) is 0. The Labute approximate surface area is 425 Å². The van der Waals surface area contributed by atoms with Gasteiger partial charge in [-0.15, -0.1) is 0 Å². The van der Waals surface area contributed by atoms with Crippen LogP contribution in [0.15, 0.2) is 216 Å². The van der Waals surface area contributed by atoms with Gasteiger partial charge in [-0.1, -0.05) is 109 Å². The van der Waals surface area contributed by atoms with Gasteiger partial charge >= 0.3 is 22.1 Å². The Morgan fingerprint density at radius 3 is 1.49 bits per heavy atom. The van der Waals surface area contributed by atoms with Crippen LogP contribution in [0.1, 0.15) is 25.7 Å². The molecule has 2 fully saturated rings. The van der Waals surface area contributed by atoms with Crippen molar-refractivity contribution in [2.75, 3.05) is 18.2 Å². The molecule has 3 aliphatic heterocycles. The summed E-state index contributed by atoms with van der Waals surface area (Å²) in [6, 6.07) is 30.4. The molecular weight excluding hydrogens is 1000 g/mol. The van der Waals surface area contributed by atoms with Crippen molar-refractivity contribution in [1.82, 2.24) is 0 Å². The minimum absolute atomic E-state index is 0.0100. The van der Waals surface area contributed by atoms with Gasteiger partial charge in [-0.2, -0.15) is 17.0 Å². The Morgan fingerprint density at radius 2 is 1.04 bits per heavy atom. The maximum absolute atomic E-state index is 13.7. The van der Waals surface area contributed by atoms with Crippen molar-refractivity contribution in [3.8, 4) is 0 Å². The highest BCUT2D eigenvalue weighted by molar-refractivity contribution is 7.96. The van der Waals surface area contributed by atoms with Crippen LogP contribution in [0.25, 0.3) is 0 Å². The molecular formula is C52H39N4O16S2-3. The molecule has 1 N–H and O–H groups in total. The number of carbonyl (C=O) groups excluding carboxylic acids is 6. The van der Waals surface area contributed by atoms with Gasteiger partial charge in [-0.3, -0.25) is 23.4 Å². The number of amides is 4. The van der Waals surface area contributed by atoms with Crippen molar-refractivity contribution >= 4 is 79.8 Å². The molecule has 1 saturated carbocycles. The standard InChI is InChI=1S/C52H42N4O16S2/c57-43(53-35-19-7-1-8-20-35)39(44(58)54(73(65)66)36-21-9-2-10-22-36)27-15-5-17-29-41-47(61)69-51(70-48(41)62)31-33-52(34-32-51)71-49(63)42(50(64)72-52)30-18-6-16-28-40-45(59)55(37-23-11-3-12-24-37)74(67,68)56(46(40)60)38-25-13-4-14-26-38/h1-30,61,63H,31-34H2,(H,53,57)(H,65,66)/p-3/b15-5+,16-6+,29-17+,30-18+,39-27+. The molecule has 74 heavy (non-hydrogen) atoms. The summed E-state index contributed by atoms with van der Waals surface area (Å²) in [5, 5.41) is 28.9. The lowest BCUT2D eigenvalue weighted by atomic mass is 9.87. The molecule has 1 saturated heterocycles. The summed E-state index contributed by atoms with van der Waals surface area (Å²) in [4.78, 5) is 80.4. The van der Waals surface area contributed by atoms with Gasteiger partial charge in [0.15, 0.2) is 11.6 Å². The first-order valence-corrected chi connectivity index (χ1v) is 24.6. The van der Waals surface area contributed by atoms with E-state index in [0.717, 1.165) is 24.3 Å². The highest BCUT2D eigenvalue weighted by atomic mass is 32.2. The Hall–Kier alpha value is -9.12. The summed E-state index contributed by atoms with van der Waals surface area (Å²) in [7, 11) is -4.71. The number of benzene rings is 4. The van der Waals surface area contributed by atoms with Gasteiger partial charge in [-0.25, -0.2) is 13.9 Å². The number of nitrogens with zero attached hydrogens (tertiary/aromatic N) is 3. The van der Waals surface area contributed by atoms with Crippen LogP contribution in [-0.4, -0.2) is 64.3 Å². The maximum atomic E-state index is 13.7. The van der Waals surface area contributed by atoms with Crippen LogP contribution >= 0.6 is 0 Å². The zero-order valence-electron chi connectivity index (χ0n) is 38.3. The monoisotopic (exact) mass is 1040 g/mol. The number of ether oxygens (including phenoxy) is 4. The van der Waals surface area contributed by atoms with Crippen molar-refractivity contribution < 1.29 is 75.1 Å². The zero-order chi connectivity index (χ0) is 52.6. The van der Waals surface area contributed by atoms with E-state index >= 15 is 0 Å². The third kappa shape index (κ3) is 10.9. The fourth-order valence-electron chi connectivity index (χ4n) is 7.81. The van der Waals surface area contributed by atoms with Crippen LogP contribution < -0.4 is 28.4 Å². The Bertz CT molecular complexity index is 3220. The number of anilines is 4. The van der Waals surface area contributed by atoms with Gasteiger partial charge in [-0.05, 0) is 72.8 Å². The largest absolute Gasteiger partial charge is 0.755 e. The number of esters is 2. The normalized spacial score (nSPS) is 19.0. The highest BCUT2D eigenvalue weighted by Crippen LogP contribution is 2.46. The third-order valence-electron chi connectivity index (χ3n) is 11.4. The molecule has 4 aliphatic rings. The quantitative estimate of drug-likeness (QED) is 0.0492. The van der Waals surface area contributed by atoms with E-state index in [-0.39, 0.29) is 42.7 Å². The second-order valence-electron chi connectivity index (χ2n) is 16.1. The van der Waals surface area contributed by atoms with E-state index in [9.17, 15) is 56.2 Å². The lowest BCUT2D eigenvalue weighted by molar-refractivity contribution is -0.422. The topological polar surface area (TPSA) is 281 Å². The van der Waals surface area contributed by atoms with Crippen molar-refractivity contribution in [3.05, 3.63) is 216 Å². The third-order valence-corrected chi connectivity index (χ3v) is 13.7. The molecule has 378 valence electrons. The predicted octanol–water partition coefficient (Wildman–Crippen LogP) is 4.11. The number of hydrogen-bond acceptors (Lipinski definition) is 16. The molecule has 22 heteroatoms. The van der Waals surface area contributed by atoms with Crippen molar-refractivity contribution in [2.24, 2.45) is 0 Å². The molecule has 8 rings (SSSR count). The van der Waals surface area contributed by atoms with Gasteiger partial charge in [0.25, 0.3) is 23.6 Å². The maximum Gasteiger partial charge on any atom is 0.341 e. The predicted molar refractivity (Wildman–Crippen MR) is 260 cm³/mol. The average Bonchev–Trinajstić information content (AvgIpc) is 3.38. The number of para-hydroxylation sites is 4. The number of hydrogen-bond donors (Lipinski definition) is 1. The SMILES string of the molecule is O=C1OC2(CCC3(CC2)OC(=O)C(/C=C/C=C/C=C(\C(=O)Nc2ccccc2)C(=O)N(c2ccccc2)S(=O)[O-])=C([O-])O3)OC([O-])=C1/C=C/C=C/C=C1C(=O)N(c2ccccc2)S(=O)(=O)N(c2ccccc2)C1=O. The molecule has 20 nitrogen and oxygen atoms in total. The molecule has 0 radical (unpaired) electrons. The van der Waals surface area contributed by atoms with Gasteiger partial charge in [0.1, 0.15) is 11.1 Å². The Morgan fingerprint density at radius 1 is 0.608 bits per heavy atom. The number of nitrogens with one attached hydrogen (secondary N) is 1. The minimum Gasteiger partial charge on any atom is -0.755 e. The number of rotatable bonds is 13. The molecule has 4 aromatic carbocycles. The van der Waals surface area contributed by atoms with Crippen LogP contribution in [0.3, 0.4) is 0 Å². The summed E-state index contributed by atoms with van der Waals surface area (Å²) in [5.41, 5.74) is -1.88. The Kier molecular flexibility index (Phi) is 15.0. The molecule has 1 unspecified atom stereocenters. The van der Waals surface area contributed by atoms with E-state index in [1.807, 2.05) is 0 Å². The molecule has 4 aromatic rings. The van der Waals surface area contributed by atoms with E-state index in [0.29, 0.717) is 18.6 Å². The van der Waals surface area contributed by atoms with E-state index in [1.54, 1.807) is 48.5 Å². The van der Waals surface area contributed by atoms with Crippen LogP contribution in [-0.2, 0) is 69.2 Å². The molecule has 1 aliphatic carbocycles. The molecule has 0 bridgehead atoms. The van der Waals surface area contributed by atoms with E-state index < -0.39 is 103 Å². The second kappa shape index (κ2) is 21.7. The Balaban J connectivity index is 0.913. The average molecular weight is 1040 g/mol. The smallest absolute Gasteiger partial charge is 0.341 e. The van der Waals surface area contributed by atoms with Gasteiger partial charge in [0.2, 0.25) is 0 Å². The fourth-order valence-corrected chi connectivity index (χ4v) is 9.89. The van der Waals surface area contributed by atoms with Gasteiger partial charge < -0.3 is 39.0 Å². The van der Waals surface area contributed by atoms with Crippen LogP contribution in [0.5, 0.6) is 0 Å². The summed E-state index contributed by atoms with van der Waals surface area (Å²) in [6.07, 6.45) is 10.7. The lowest BCUT2D eigenvalue weighted by Crippen LogP contribution is -2.57. The summed E-state index contributed by atoms with van der Waals surface area (Å²) in [5.74, 6) is -12.2. The zero-order valence-corrected chi connectivity index (χ0v) is 40.0. The van der Waals surface area contributed by atoms with E-state index in [4.69, 9.17) is 18.9 Å². The van der Waals surface area contributed by atoms with Crippen LogP contribution in [0, 0.1) is 0 Å². The first kappa shape index (κ1) is 51.2.